The third kappa shape index (κ3) is 6.91. The second-order valence-corrected chi connectivity index (χ2v) is 10.1. The minimum atomic E-state index is -1.40. The lowest BCUT2D eigenvalue weighted by molar-refractivity contribution is -0.129. The highest BCUT2D eigenvalue weighted by Crippen LogP contribution is 2.27. The summed E-state index contributed by atoms with van der Waals surface area (Å²) < 4.78 is 6.03. The second kappa shape index (κ2) is 12.9. The summed E-state index contributed by atoms with van der Waals surface area (Å²) in [6.07, 6.45) is -0.380. The van der Waals surface area contributed by atoms with Crippen molar-refractivity contribution in [3.05, 3.63) is 0 Å². The molecule has 0 radical (unpaired) electrons. The molecule has 0 aromatic carbocycles. The standard InChI is InChI=1S/C20H38ClN3O6S/c1-4-5-24-6-7-30-18-12(9-24)8-22-16(18)19(28)23-15(11(2)21)14(13(26)10-25)17(27)20(29)31-3/h11-18,20,22,25-27,29H,4-10H2,1-3H3,(H,23,28). The molecule has 1 amide bonds. The van der Waals surface area contributed by atoms with Gasteiger partial charge in [-0.1, -0.05) is 6.92 Å². The van der Waals surface area contributed by atoms with Gasteiger partial charge in [0.05, 0.1) is 42.9 Å². The summed E-state index contributed by atoms with van der Waals surface area (Å²) in [4.78, 5) is 15.5. The van der Waals surface area contributed by atoms with Crippen molar-refractivity contribution in [2.24, 2.45) is 11.8 Å². The third-order valence-corrected chi connectivity index (χ3v) is 7.24. The van der Waals surface area contributed by atoms with Crippen molar-refractivity contribution in [2.75, 3.05) is 45.6 Å². The third-order valence-electron chi connectivity index (χ3n) is 6.20. The molecule has 0 saturated carbocycles. The summed E-state index contributed by atoms with van der Waals surface area (Å²) in [5.74, 6) is -1.22. The van der Waals surface area contributed by atoms with Gasteiger partial charge in [0.15, 0.2) is 0 Å². The Morgan fingerprint density at radius 3 is 2.68 bits per heavy atom. The number of hydrogen-bond donors (Lipinski definition) is 6. The van der Waals surface area contributed by atoms with Gasteiger partial charge in [0.25, 0.3) is 0 Å². The molecule has 2 aliphatic rings. The molecule has 2 heterocycles. The molecule has 0 aromatic rings. The van der Waals surface area contributed by atoms with Gasteiger partial charge in [-0.25, -0.2) is 0 Å². The van der Waals surface area contributed by atoms with Crippen LogP contribution in [-0.4, -0.2) is 118 Å². The van der Waals surface area contributed by atoms with Crippen LogP contribution in [0.2, 0.25) is 0 Å². The number of halogens is 1. The molecule has 31 heavy (non-hydrogen) atoms. The first-order chi connectivity index (χ1) is 14.7. The number of hydrogen-bond acceptors (Lipinski definition) is 9. The molecule has 9 unspecified atom stereocenters. The molecular weight excluding hydrogens is 446 g/mol. The largest absolute Gasteiger partial charge is 0.394 e. The number of carbonyl (C=O) groups is 1. The number of rotatable bonds is 11. The number of nitrogens with one attached hydrogen (secondary N) is 2. The van der Waals surface area contributed by atoms with Crippen molar-refractivity contribution in [3.63, 3.8) is 0 Å². The number of nitrogens with zero attached hydrogens (tertiary/aromatic N) is 1. The summed E-state index contributed by atoms with van der Waals surface area (Å²) in [7, 11) is 0. The van der Waals surface area contributed by atoms with Gasteiger partial charge in [0.1, 0.15) is 11.5 Å². The molecular formula is C20H38ClN3O6S. The highest BCUT2D eigenvalue weighted by molar-refractivity contribution is 7.99. The fraction of sp³-hybridized carbons (Fsp3) is 0.950. The molecule has 11 heteroatoms. The first-order valence-electron chi connectivity index (χ1n) is 10.9. The fourth-order valence-electron chi connectivity index (χ4n) is 4.59. The van der Waals surface area contributed by atoms with Crippen LogP contribution in [-0.2, 0) is 9.53 Å². The highest BCUT2D eigenvalue weighted by atomic mass is 35.5. The molecule has 6 N–H and O–H groups in total. The van der Waals surface area contributed by atoms with E-state index in [0.717, 1.165) is 37.8 Å². The summed E-state index contributed by atoms with van der Waals surface area (Å²) in [5, 5.41) is 45.9. The lowest BCUT2D eigenvalue weighted by atomic mass is 9.86. The van der Waals surface area contributed by atoms with Crippen molar-refractivity contribution < 1.29 is 30.0 Å². The zero-order valence-corrected chi connectivity index (χ0v) is 20.1. The van der Waals surface area contributed by atoms with Crippen molar-refractivity contribution in [2.45, 2.75) is 61.5 Å². The number of amides is 1. The lowest BCUT2D eigenvalue weighted by Gasteiger charge is -2.37. The number of aliphatic hydroxyl groups excluding tert-OH is 4. The van der Waals surface area contributed by atoms with Gasteiger partial charge < -0.3 is 40.7 Å². The minimum absolute atomic E-state index is 0.180. The summed E-state index contributed by atoms with van der Waals surface area (Å²) in [6, 6.07) is -1.46. The quantitative estimate of drug-likeness (QED) is 0.158. The van der Waals surface area contributed by atoms with Crippen LogP contribution in [0.3, 0.4) is 0 Å². The van der Waals surface area contributed by atoms with Crippen LogP contribution in [0, 0.1) is 11.8 Å². The van der Waals surface area contributed by atoms with Crippen molar-refractivity contribution in [1.82, 2.24) is 15.5 Å². The van der Waals surface area contributed by atoms with E-state index >= 15 is 0 Å². The van der Waals surface area contributed by atoms with Gasteiger partial charge in [-0.15, -0.1) is 23.4 Å². The van der Waals surface area contributed by atoms with Crippen LogP contribution >= 0.6 is 23.4 Å². The van der Waals surface area contributed by atoms with E-state index in [1.165, 1.54) is 0 Å². The number of ether oxygens (including phenoxy) is 1. The van der Waals surface area contributed by atoms with E-state index in [1.54, 1.807) is 13.2 Å². The predicted octanol–water partition coefficient (Wildman–Crippen LogP) is -1.19. The molecule has 2 fully saturated rings. The van der Waals surface area contributed by atoms with E-state index in [9.17, 15) is 25.2 Å². The zero-order valence-electron chi connectivity index (χ0n) is 18.5. The van der Waals surface area contributed by atoms with E-state index in [1.807, 2.05) is 0 Å². The Morgan fingerprint density at radius 1 is 1.39 bits per heavy atom. The smallest absolute Gasteiger partial charge is 0.240 e. The van der Waals surface area contributed by atoms with Crippen LogP contribution in [0.4, 0.5) is 0 Å². The van der Waals surface area contributed by atoms with E-state index in [0.29, 0.717) is 13.2 Å². The van der Waals surface area contributed by atoms with Crippen molar-refractivity contribution >= 4 is 29.3 Å². The lowest BCUT2D eigenvalue weighted by Crippen LogP contribution is -2.59. The monoisotopic (exact) mass is 483 g/mol. The van der Waals surface area contributed by atoms with Gasteiger partial charge >= 0.3 is 0 Å². The predicted molar refractivity (Wildman–Crippen MR) is 121 cm³/mol. The summed E-state index contributed by atoms with van der Waals surface area (Å²) >= 11 is 7.34. The molecule has 2 saturated heterocycles. The first-order valence-corrected chi connectivity index (χ1v) is 12.7. The molecule has 0 spiro atoms. The molecule has 0 aliphatic carbocycles. The maximum atomic E-state index is 13.2. The normalized spacial score (nSPS) is 30.5. The number of fused-ring (bicyclic) bond motifs is 1. The van der Waals surface area contributed by atoms with Gasteiger partial charge in [0.2, 0.25) is 5.91 Å². The summed E-state index contributed by atoms with van der Waals surface area (Å²) in [6.45, 7) is 7.02. The maximum absolute atomic E-state index is 13.2. The Bertz CT molecular complexity index is 563. The van der Waals surface area contributed by atoms with E-state index in [-0.39, 0.29) is 17.9 Å². The maximum Gasteiger partial charge on any atom is 0.240 e. The average Bonchev–Trinajstić information content (AvgIpc) is 3.03. The van der Waals surface area contributed by atoms with E-state index < -0.39 is 47.6 Å². The fourth-order valence-corrected chi connectivity index (χ4v) is 5.28. The Kier molecular flexibility index (Phi) is 11.3. The molecule has 2 aliphatic heterocycles. The van der Waals surface area contributed by atoms with Crippen LogP contribution < -0.4 is 10.6 Å². The van der Waals surface area contributed by atoms with Gasteiger partial charge in [0, 0.05) is 31.5 Å². The Hall–Kier alpha value is -0.170. The molecule has 2 rings (SSSR count). The molecule has 9 nitrogen and oxygen atoms in total. The number of aliphatic hydroxyl groups is 4. The van der Waals surface area contributed by atoms with Gasteiger partial charge in [-0.05, 0) is 26.1 Å². The topological polar surface area (TPSA) is 135 Å². The van der Waals surface area contributed by atoms with Crippen LogP contribution in [0.15, 0.2) is 0 Å². The number of carbonyl (C=O) groups excluding carboxylic acids is 1. The van der Waals surface area contributed by atoms with E-state index in [2.05, 4.69) is 22.5 Å². The average molecular weight is 484 g/mol. The Morgan fingerprint density at radius 2 is 2.10 bits per heavy atom. The molecule has 182 valence electrons. The van der Waals surface area contributed by atoms with E-state index in [4.69, 9.17) is 16.3 Å². The molecule has 0 aromatic heterocycles. The summed E-state index contributed by atoms with van der Waals surface area (Å²) in [5.41, 5.74) is -1.20. The van der Waals surface area contributed by atoms with Crippen molar-refractivity contribution in [3.8, 4) is 0 Å². The minimum Gasteiger partial charge on any atom is -0.394 e. The zero-order chi connectivity index (χ0) is 23.1. The van der Waals surface area contributed by atoms with Crippen LogP contribution in [0.1, 0.15) is 20.3 Å². The SMILES string of the molecule is CCCN1CCOC2C(CNC2C(=O)NC(C(C)Cl)C(C(O)CO)C(O)C(O)SC)C1. The van der Waals surface area contributed by atoms with Gasteiger partial charge in [-0.2, -0.15) is 0 Å². The Balaban J connectivity index is 2.14. The van der Waals surface area contributed by atoms with Crippen LogP contribution in [0.25, 0.3) is 0 Å². The molecule has 0 bridgehead atoms. The highest BCUT2D eigenvalue weighted by Gasteiger charge is 2.46. The van der Waals surface area contributed by atoms with Crippen molar-refractivity contribution in [1.29, 1.82) is 0 Å². The number of alkyl halides is 1. The first kappa shape index (κ1) is 27.1. The van der Waals surface area contributed by atoms with Crippen LogP contribution in [0.5, 0.6) is 0 Å². The van der Waals surface area contributed by atoms with Gasteiger partial charge in [-0.3, -0.25) is 4.79 Å². The molecule has 9 atom stereocenters. The Labute approximate surface area is 193 Å². The second-order valence-electron chi connectivity index (χ2n) is 8.44. The number of thioether (sulfide) groups is 1.